The molecule has 0 spiro atoms. The number of rotatable bonds is 5. The van der Waals surface area contributed by atoms with Crippen molar-refractivity contribution in [3.05, 3.63) is 39.6 Å². The van der Waals surface area contributed by atoms with Crippen LogP contribution in [0.25, 0.3) is 0 Å². The van der Waals surface area contributed by atoms with Gasteiger partial charge in [-0.05, 0) is 12.5 Å². The lowest BCUT2D eigenvalue weighted by atomic mass is 10.4. The van der Waals surface area contributed by atoms with Gasteiger partial charge in [-0.15, -0.1) is 0 Å². The number of hydrogen-bond donors (Lipinski definition) is 1. The van der Waals surface area contributed by atoms with Crippen molar-refractivity contribution in [1.82, 2.24) is 9.97 Å². The summed E-state index contributed by atoms with van der Waals surface area (Å²) >= 11 is 18.0. The van der Waals surface area contributed by atoms with Gasteiger partial charge in [-0.3, -0.25) is 4.98 Å². The third-order valence-corrected chi connectivity index (χ3v) is 3.10. The zero-order valence-corrected chi connectivity index (χ0v) is 12.9. The highest BCUT2D eigenvalue weighted by Crippen LogP contribution is 2.33. The lowest BCUT2D eigenvalue weighted by molar-refractivity contribution is 0.462. The van der Waals surface area contributed by atoms with Crippen LogP contribution in [0.5, 0.6) is 11.6 Å². The first-order valence-electron chi connectivity index (χ1n) is 5.98. The van der Waals surface area contributed by atoms with Gasteiger partial charge in [-0.25, -0.2) is 0 Å². The van der Waals surface area contributed by atoms with Crippen molar-refractivity contribution >= 4 is 40.6 Å². The van der Waals surface area contributed by atoms with E-state index in [1.165, 1.54) is 12.4 Å². The first-order valence-corrected chi connectivity index (χ1v) is 7.12. The van der Waals surface area contributed by atoms with E-state index in [9.17, 15) is 0 Å². The highest BCUT2D eigenvalue weighted by Gasteiger charge is 2.11. The SMILES string of the molecule is CCCNc1nc(Oc2cncc(Cl)c2)c(Cl)cc1Cl. The van der Waals surface area contributed by atoms with Gasteiger partial charge >= 0.3 is 0 Å². The molecule has 0 aromatic carbocycles. The molecule has 0 aliphatic heterocycles. The van der Waals surface area contributed by atoms with Crippen molar-refractivity contribution in [1.29, 1.82) is 0 Å². The molecule has 2 heterocycles. The zero-order chi connectivity index (χ0) is 14.5. The topological polar surface area (TPSA) is 47.0 Å². The van der Waals surface area contributed by atoms with Crippen LogP contribution in [0, 0.1) is 0 Å². The van der Waals surface area contributed by atoms with Crippen LogP contribution >= 0.6 is 34.8 Å². The van der Waals surface area contributed by atoms with Gasteiger partial charge in [0.25, 0.3) is 0 Å². The maximum atomic E-state index is 6.07. The summed E-state index contributed by atoms with van der Waals surface area (Å²) in [5, 5.41) is 4.33. The third-order valence-electron chi connectivity index (χ3n) is 2.33. The van der Waals surface area contributed by atoms with Gasteiger partial charge in [-0.2, -0.15) is 4.98 Å². The highest BCUT2D eigenvalue weighted by atomic mass is 35.5. The van der Waals surface area contributed by atoms with Crippen molar-refractivity contribution in [2.45, 2.75) is 13.3 Å². The molecule has 0 saturated heterocycles. The number of ether oxygens (including phenoxy) is 1. The molecule has 0 bridgehead atoms. The molecule has 20 heavy (non-hydrogen) atoms. The van der Waals surface area contributed by atoms with Crippen LogP contribution in [0.4, 0.5) is 5.82 Å². The summed E-state index contributed by atoms with van der Waals surface area (Å²) in [5.74, 6) is 1.23. The summed E-state index contributed by atoms with van der Waals surface area (Å²) in [7, 11) is 0. The van der Waals surface area contributed by atoms with Crippen LogP contribution in [0.15, 0.2) is 24.5 Å². The Kier molecular flexibility index (Phi) is 5.29. The van der Waals surface area contributed by atoms with Gasteiger partial charge < -0.3 is 10.1 Å². The molecule has 2 aromatic rings. The van der Waals surface area contributed by atoms with E-state index in [1.807, 2.05) is 6.92 Å². The van der Waals surface area contributed by atoms with E-state index < -0.39 is 0 Å². The molecule has 0 saturated carbocycles. The maximum Gasteiger partial charge on any atom is 0.240 e. The van der Waals surface area contributed by atoms with E-state index >= 15 is 0 Å². The van der Waals surface area contributed by atoms with E-state index in [2.05, 4.69) is 15.3 Å². The molecule has 106 valence electrons. The minimum atomic E-state index is 0.249. The molecule has 0 atom stereocenters. The molecule has 2 aromatic heterocycles. The molecule has 0 aliphatic carbocycles. The minimum Gasteiger partial charge on any atom is -0.436 e. The third kappa shape index (κ3) is 3.88. The summed E-state index contributed by atoms with van der Waals surface area (Å²) < 4.78 is 5.58. The predicted octanol–water partition coefficient (Wildman–Crippen LogP) is 5.05. The van der Waals surface area contributed by atoms with Crippen LogP contribution < -0.4 is 10.1 Å². The first kappa shape index (κ1) is 15.2. The molecule has 0 unspecified atom stereocenters. The first-order chi connectivity index (χ1) is 9.60. The van der Waals surface area contributed by atoms with Crippen LogP contribution in [0.3, 0.4) is 0 Å². The highest BCUT2D eigenvalue weighted by molar-refractivity contribution is 6.36. The Balaban J connectivity index is 2.26. The number of hydrogen-bond acceptors (Lipinski definition) is 4. The quantitative estimate of drug-likeness (QED) is 0.832. The van der Waals surface area contributed by atoms with Crippen molar-refractivity contribution in [3.8, 4) is 11.6 Å². The second-order valence-corrected chi connectivity index (χ2v) is 5.22. The zero-order valence-electron chi connectivity index (χ0n) is 10.7. The number of pyridine rings is 2. The monoisotopic (exact) mass is 331 g/mol. The smallest absolute Gasteiger partial charge is 0.240 e. The number of halogens is 3. The molecule has 4 nitrogen and oxygen atoms in total. The van der Waals surface area contributed by atoms with Gasteiger partial charge in [0, 0.05) is 18.8 Å². The Morgan fingerprint density at radius 1 is 1.15 bits per heavy atom. The Bertz CT molecular complexity index is 607. The number of aromatic nitrogens is 2. The molecule has 0 radical (unpaired) electrons. The van der Waals surface area contributed by atoms with E-state index in [4.69, 9.17) is 39.5 Å². The summed E-state index contributed by atoms with van der Waals surface area (Å²) in [5.41, 5.74) is 0. The van der Waals surface area contributed by atoms with Gasteiger partial charge in [-0.1, -0.05) is 41.7 Å². The second-order valence-electron chi connectivity index (χ2n) is 3.97. The Hall–Kier alpha value is -1.23. The molecular weight excluding hydrogens is 321 g/mol. The van der Waals surface area contributed by atoms with Gasteiger partial charge in [0.1, 0.15) is 16.6 Å². The number of nitrogens with zero attached hydrogens (tertiary/aromatic N) is 2. The summed E-state index contributed by atoms with van der Waals surface area (Å²) in [6, 6.07) is 3.21. The summed E-state index contributed by atoms with van der Waals surface area (Å²) in [4.78, 5) is 8.20. The van der Waals surface area contributed by atoms with Gasteiger partial charge in [0.2, 0.25) is 5.88 Å². The molecule has 0 amide bonds. The van der Waals surface area contributed by atoms with Crippen molar-refractivity contribution in [3.63, 3.8) is 0 Å². The Labute approximate surface area is 132 Å². The maximum absolute atomic E-state index is 6.07. The molecule has 2 rings (SSSR count). The van der Waals surface area contributed by atoms with E-state index in [0.29, 0.717) is 26.6 Å². The minimum absolute atomic E-state index is 0.249. The normalized spacial score (nSPS) is 10.4. The fourth-order valence-corrected chi connectivity index (χ4v) is 2.08. The van der Waals surface area contributed by atoms with Gasteiger partial charge in [0.15, 0.2) is 0 Å². The standard InChI is InChI=1S/C13H12Cl3N3O/c1-2-3-18-12-10(15)5-11(16)13(19-12)20-9-4-8(14)6-17-7-9/h4-7H,2-3H2,1H3,(H,18,19). The molecule has 0 fully saturated rings. The lowest BCUT2D eigenvalue weighted by Gasteiger charge is -2.11. The van der Waals surface area contributed by atoms with Crippen molar-refractivity contribution in [2.75, 3.05) is 11.9 Å². The Morgan fingerprint density at radius 2 is 1.95 bits per heavy atom. The van der Waals surface area contributed by atoms with E-state index in [0.717, 1.165) is 13.0 Å². The average molecular weight is 333 g/mol. The fourth-order valence-electron chi connectivity index (χ4n) is 1.45. The largest absolute Gasteiger partial charge is 0.436 e. The number of nitrogens with one attached hydrogen (secondary N) is 1. The average Bonchev–Trinajstić information content (AvgIpc) is 2.40. The van der Waals surface area contributed by atoms with E-state index in [-0.39, 0.29) is 5.88 Å². The van der Waals surface area contributed by atoms with Crippen molar-refractivity contribution < 1.29 is 4.74 Å². The fraction of sp³-hybridized carbons (Fsp3) is 0.231. The molecular formula is C13H12Cl3N3O. The predicted molar refractivity (Wildman–Crippen MR) is 82.4 cm³/mol. The summed E-state index contributed by atoms with van der Waals surface area (Å²) in [6.45, 7) is 2.80. The lowest BCUT2D eigenvalue weighted by Crippen LogP contribution is -2.03. The van der Waals surface area contributed by atoms with E-state index in [1.54, 1.807) is 12.1 Å². The van der Waals surface area contributed by atoms with Crippen LogP contribution in [0.1, 0.15) is 13.3 Å². The van der Waals surface area contributed by atoms with Crippen molar-refractivity contribution in [2.24, 2.45) is 0 Å². The Morgan fingerprint density at radius 3 is 2.65 bits per heavy atom. The molecule has 0 aliphatic rings. The van der Waals surface area contributed by atoms with Crippen LogP contribution in [0.2, 0.25) is 15.1 Å². The molecule has 1 N–H and O–H groups in total. The summed E-state index contributed by atoms with van der Waals surface area (Å²) in [6.07, 6.45) is 3.99. The van der Waals surface area contributed by atoms with Crippen LogP contribution in [-0.2, 0) is 0 Å². The van der Waals surface area contributed by atoms with Crippen LogP contribution in [-0.4, -0.2) is 16.5 Å². The second kappa shape index (κ2) is 6.97. The molecule has 7 heteroatoms. The number of anilines is 1. The van der Waals surface area contributed by atoms with Gasteiger partial charge in [0.05, 0.1) is 16.2 Å².